The first-order chi connectivity index (χ1) is 11.9. The van der Waals surface area contributed by atoms with Crippen LogP contribution in [0.5, 0.6) is 0 Å². The van der Waals surface area contributed by atoms with Gasteiger partial charge < -0.3 is 9.47 Å². The van der Waals surface area contributed by atoms with Crippen molar-refractivity contribution in [3.63, 3.8) is 0 Å². The summed E-state index contributed by atoms with van der Waals surface area (Å²) < 4.78 is 11.4. The second kappa shape index (κ2) is 8.24. The van der Waals surface area contributed by atoms with Crippen molar-refractivity contribution >= 4 is 33.5 Å². The van der Waals surface area contributed by atoms with Crippen LogP contribution in [-0.2, 0) is 14.3 Å². The van der Waals surface area contributed by atoms with Gasteiger partial charge in [0.2, 0.25) is 0 Å². The first-order valence-corrected chi connectivity index (χ1v) is 9.07. The Morgan fingerprint density at radius 1 is 1.32 bits per heavy atom. The minimum Gasteiger partial charge on any atom is -0.464 e. The number of rotatable bonds is 7. The number of carbonyl (C=O) groups is 2. The molecule has 0 N–H and O–H groups in total. The maximum atomic E-state index is 12.8. The van der Waals surface area contributed by atoms with Crippen LogP contribution < -0.4 is 5.56 Å². The first kappa shape index (κ1) is 19.1. The average molecular weight is 366 g/mol. The summed E-state index contributed by atoms with van der Waals surface area (Å²) in [6.45, 7) is 7.58. The Balaban J connectivity index is 2.39. The third kappa shape index (κ3) is 3.89. The molecule has 7 nitrogen and oxygen atoms in total. The van der Waals surface area contributed by atoms with Gasteiger partial charge in [0.25, 0.3) is 5.56 Å². The van der Waals surface area contributed by atoms with Crippen molar-refractivity contribution in [2.24, 2.45) is 0 Å². The number of aryl methyl sites for hydroxylation is 1. The molecular weight excluding hydrogens is 344 g/mol. The van der Waals surface area contributed by atoms with Gasteiger partial charge in [0.1, 0.15) is 15.7 Å². The van der Waals surface area contributed by atoms with Crippen LogP contribution in [0.15, 0.2) is 11.1 Å². The van der Waals surface area contributed by atoms with Gasteiger partial charge in [0.05, 0.1) is 24.9 Å². The summed E-state index contributed by atoms with van der Waals surface area (Å²) in [7, 11) is 0. The maximum Gasteiger partial charge on any atom is 0.348 e. The lowest BCUT2D eigenvalue weighted by Crippen LogP contribution is -2.29. The number of esters is 2. The molecule has 2 aromatic heterocycles. The Kier molecular flexibility index (Phi) is 6.30. The van der Waals surface area contributed by atoms with Crippen molar-refractivity contribution in [3.05, 3.63) is 27.1 Å². The summed E-state index contributed by atoms with van der Waals surface area (Å²) in [6.07, 6.45) is 3.01. The van der Waals surface area contributed by atoms with Crippen LogP contribution in [-0.4, -0.2) is 34.7 Å². The standard InChI is InChI=1S/C17H22N2O5S/c1-5-7-8-24-16(21)11(4)19-9-18-14-12(15(19)20)10(3)13(25-14)17(22)23-6-2/h9,11H,5-8H2,1-4H3. The maximum absolute atomic E-state index is 12.8. The fraction of sp³-hybridized carbons (Fsp3) is 0.529. The SMILES string of the molecule is CCCCOC(=O)C(C)n1cnc2sc(C(=O)OCC)c(C)c2c1=O. The number of nitrogens with zero attached hydrogens (tertiary/aromatic N) is 2. The van der Waals surface area contributed by atoms with E-state index in [9.17, 15) is 14.4 Å². The molecule has 8 heteroatoms. The molecule has 0 aromatic carbocycles. The molecule has 1 unspecified atom stereocenters. The number of thiophene rings is 1. The predicted octanol–water partition coefficient (Wildman–Crippen LogP) is 2.85. The van der Waals surface area contributed by atoms with Gasteiger partial charge in [-0.1, -0.05) is 13.3 Å². The molecule has 0 radical (unpaired) electrons. The van der Waals surface area contributed by atoms with Crippen molar-refractivity contribution < 1.29 is 19.1 Å². The highest BCUT2D eigenvalue weighted by Crippen LogP contribution is 2.27. The molecule has 0 saturated carbocycles. The monoisotopic (exact) mass is 366 g/mol. The fourth-order valence-electron chi connectivity index (χ4n) is 2.36. The Hall–Kier alpha value is -2.22. The van der Waals surface area contributed by atoms with Gasteiger partial charge in [-0.15, -0.1) is 11.3 Å². The third-order valence-electron chi connectivity index (χ3n) is 3.84. The van der Waals surface area contributed by atoms with E-state index in [2.05, 4.69) is 4.98 Å². The molecule has 25 heavy (non-hydrogen) atoms. The van der Waals surface area contributed by atoms with Crippen molar-refractivity contribution in [3.8, 4) is 0 Å². The Morgan fingerprint density at radius 2 is 2.04 bits per heavy atom. The molecule has 0 amide bonds. The normalized spacial score (nSPS) is 12.2. The Labute approximate surface area is 149 Å². The fourth-order valence-corrected chi connectivity index (χ4v) is 3.39. The molecule has 2 rings (SSSR count). The highest BCUT2D eigenvalue weighted by atomic mass is 32.1. The molecule has 0 bridgehead atoms. The van der Waals surface area contributed by atoms with E-state index in [1.165, 1.54) is 10.9 Å². The number of hydrogen-bond acceptors (Lipinski definition) is 7. The Morgan fingerprint density at radius 3 is 2.68 bits per heavy atom. The van der Waals surface area contributed by atoms with Crippen LogP contribution in [0.2, 0.25) is 0 Å². The van der Waals surface area contributed by atoms with Gasteiger partial charge in [-0.2, -0.15) is 0 Å². The zero-order valence-electron chi connectivity index (χ0n) is 14.8. The van der Waals surface area contributed by atoms with Crippen molar-refractivity contribution in [2.75, 3.05) is 13.2 Å². The van der Waals surface area contributed by atoms with Gasteiger partial charge in [-0.05, 0) is 32.8 Å². The summed E-state index contributed by atoms with van der Waals surface area (Å²) in [5, 5.41) is 0.337. The average Bonchev–Trinajstić information content (AvgIpc) is 2.92. The van der Waals surface area contributed by atoms with E-state index >= 15 is 0 Å². The van der Waals surface area contributed by atoms with E-state index in [4.69, 9.17) is 9.47 Å². The van der Waals surface area contributed by atoms with Crippen LogP contribution >= 0.6 is 11.3 Å². The van der Waals surface area contributed by atoms with Crippen LogP contribution in [0.1, 0.15) is 54.9 Å². The molecule has 2 aromatic rings. The largest absolute Gasteiger partial charge is 0.464 e. The lowest BCUT2D eigenvalue weighted by atomic mass is 10.2. The van der Waals surface area contributed by atoms with E-state index in [1.807, 2.05) is 6.92 Å². The van der Waals surface area contributed by atoms with E-state index in [-0.39, 0.29) is 12.2 Å². The quantitative estimate of drug-likeness (QED) is 0.553. The number of ether oxygens (including phenoxy) is 2. The summed E-state index contributed by atoms with van der Waals surface area (Å²) in [4.78, 5) is 41.9. The summed E-state index contributed by atoms with van der Waals surface area (Å²) in [5.74, 6) is -0.948. The van der Waals surface area contributed by atoms with Crippen molar-refractivity contribution in [2.45, 2.75) is 46.6 Å². The lowest BCUT2D eigenvalue weighted by Gasteiger charge is -2.14. The number of hydrogen-bond donors (Lipinski definition) is 0. The van der Waals surface area contributed by atoms with E-state index in [0.717, 1.165) is 24.2 Å². The zero-order chi connectivity index (χ0) is 18.6. The van der Waals surface area contributed by atoms with Crippen molar-refractivity contribution in [1.82, 2.24) is 9.55 Å². The van der Waals surface area contributed by atoms with Crippen molar-refractivity contribution in [1.29, 1.82) is 0 Å². The predicted molar refractivity (Wildman–Crippen MR) is 95.2 cm³/mol. The van der Waals surface area contributed by atoms with Crippen LogP contribution in [0.3, 0.4) is 0 Å². The van der Waals surface area contributed by atoms with Gasteiger partial charge in [-0.25, -0.2) is 14.6 Å². The second-order valence-corrected chi connectivity index (χ2v) is 6.61. The molecule has 0 aliphatic rings. The highest BCUT2D eigenvalue weighted by Gasteiger charge is 2.23. The smallest absolute Gasteiger partial charge is 0.348 e. The topological polar surface area (TPSA) is 87.5 Å². The molecule has 136 valence electrons. The van der Waals surface area contributed by atoms with Crippen LogP contribution in [0.25, 0.3) is 10.2 Å². The molecule has 0 aliphatic heterocycles. The van der Waals surface area contributed by atoms with Gasteiger partial charge in [-0.3, -0.25) is 9.36 Å². The second-order valence-electron chi connectivity index (χ2n) is 5.61. The summed E-state index contributed by atoms with van der Waals surface area (Å²) in [5.41, 5.74) is 0.158. The molecule has 2 heterocycles. The molecule has 0 aliphatic carbocycles. The van der Waals surface area contributed by atoms with E-state index < -0.39 is 18.0 Å². The zero-order valence-corrected chi connectivity index (χ0v) is 15.6. The van der Waals surface area contributed by atoms with Crippen LogP contribution in [0.4, 0.5) is 0 Å². The minimum absolute atomic E-state index is 0.255. The highest BCUT2D eigenvalue weighted by molar-refractivity contribution is 7.20. The van der Waals surface area contributed by atoms with Gasteiger partial charge in [0, 0.05) is 0 Å². The van der Waals surface area contributed by atoms with Gasteiger partial charge in [0.15, 0.2) is 0 Å². The summed E-state index contributed by atoms with van der Waals surface area (Å²) in [6, 6.07) is -0.786. The minimum atomic E-state index is -0.786. The number of aromatic nitrogens is 2. The van der Waals surface area contributed by atoms with Crippen LogP contribution in [0, 0.1) is 6.92 Å². The Bertz CT molecular complexity index is 839. The van der Waals surface area contributed by atoms with E-state index in [1.54, 1.807) is 20.8 Å². The molecular formula is C17H22N2O5S. The molecule has 1 atom stereocenters. The summed E-state index contributed by atoms with van der Waals surface area (Å²) >= 11 is 1.12. The number of carbonyl (C=O) groups excluding carboxylic acids is 2. The number of unbranched alkanes of at least 4 members (excludes halogenated alkanes) is 1. The van der Waals surface area contributed by atoms with E-state index in [0.29, 0.717) is 27.3 Å². The first-order valence-electron chi connectivity index (χ1n) is 8.26. The third-order valence-corrected chi connectivity index (χ3v) is 5.02. The number of fused-ring (bicyclic) bond motifs is 1. The molecule has 0 fully saturated rings. The molecule has 0 spiro atoms. The van der Waals surface area contributed by atoms with Gasteiger partial charge >= 0.3 is 11.9 Å². The molecule has 0 saturated heterocycles. The lowest BCUT2D eigenvalue weighted by molar-refractivity contribution is -0.147.